The van der Waals surface area contributed by atoms with E-state index in [1.807, 2.05) is 29.3 Å². The van der Waals surface area contributed by atoms with Crippen LogP contribution in [0.3, 0.4) is 0 Å². The minimum atomic E-state index is -0.249. The Morgan fingerprint density at radius 2 is 2.35 bits per heavy atom. The maximum atomic E-state index is 12.5. The number of rotatable bonds is 2. The summed E-state index contributed by atoms with van der Waals surface area (Å²) in [4.78, 5) is 17.6. The summed E-state index contributed by atoms with van der Waals surface area (Å²) in [6.45, 7) is 4.80. The van der Waals surface area contributed by atoms with E-state index in [9.17, 15) is 4.79 Å². The van der Waals surface area contributed by atoms with Gasteiger partial charge < -0.3 is 14.6 Å². The lowest BCUT2D eigenvalue weighted by Crippen LogP contribution is -2.58. The fraction of sp³-hybridized carbons (Fsp3) is 0.562. The summed E-state index contributed by atoms with van der Waals surface area (Å²) in [6.07, 6.45) is 8.85. The number of hydrogen-bond acceptors (Lipinski definition) is 2. The summed E-state index contributed by atoms with van der Waals surface area (Å²) in [7, 11) is 0. The minimum Gasteiger partial charge on any atom is -0.368 e. The Bertz CT molecular complexity index is 505. The molecule has 1 aliphatic carbocycles. The van der Waals surface area contributed by atoms with Crippen LogP contribution in [0.1, 0.15) is 38.8 Å². The van der Waals surface area contributed by atoms with Gasteiger partial charge in [-0.05, 0) is 51.3 Å². The summed E-state index contributed by atoms with van der Waals surface area (Å²) in [6, 6.07) is 4.13. The number of aromatic amines is 1. The number of nitrogens with one attached hydrogen (secondary N) is 1. The number of fused-ring (bicyclic) bond motifs is 1. The van der Waals surface area contributed by atoms with Gasteiger partial charge >= 0.3 is 0 Å². The Hall–Kier alpha value is -1.55. The van der Waals surface area contributed by atoms with Crippen molar-refractivity contribution in [2.45, 2.75) is 50.9 Å². The van der Waals surface area contributed by atoms with Crippen LogP contribution < -0.4 is 0 Å². The average Bonchev–Trinajstić information content (AvgIpc) is 3.04. The molecule has 1 saturated heterocycles. The van der Waals surface area contributed by atoms with Gasteiger partial charge in [-0.3, -0.25) is 4.79 Å². The smallest absolute Gasteiger partial charge is 0.247 e. The van der Waals surface area contributed by atoms with Crippen molar-refractivity contribution < 1.29 is 9.53 Å². The number of nitrogens with zero attached hydrogens (tertiary/aromatic N) is 1. The molecule has 1 saturated carbocycles. The molecule has 2 atom stereocenters. The SMILES string of the molecule is CC1(C)CN(C(=O)/C=C/c2ccc[nH]2)[C@@H]2CCC[C@H]2O1. The number of carbonyl (C=O) groups excluding carboxylic acids is 1. The highest BCUT2D eigenvalue weighted by Gasteiger charge is 2.44. The summed E-state index contributed by atoms with van der Waals surface area (Å²) in [5, 5.41) is 0. The third kappa shape index (κ3) is 2.66. The molecule has 2 fully saturated rings. The van der Waals surface area contributed by atoms with Crippen molar-refractivity contribution >= 4 is 12.0 Å². The molecule has 1 amide bonds. The predicted molar refractivity (Wildman–Crippen MR) is 78.1 cm³/mol. The quantitative estimate of drug-likeness (QED) is 0.843. The highest BCUT2D eigenvalue weighted by molar-refractivity contribution is 5.92. The lowest BCUT2D eigenvalue weighted by molar-refractivity contribution is -0.168. The summed E-state index contributed by atoms with van der Waals surface area (Å²) < 4.78 is 6.10. The van der Waals surface area contributed by atoms with Gasteiger partial charge in [-0.1, -0.05) is 0 Å². The second-order valence-corrected chi connectivity index (χ2v) is 6.34. The Balaban J connectivity index is 1.75. The van der Waals surface area contributed by atoms with E-state index in [1.165, 1.54) is 0 Å². The molecular formula is C16H22N2O2. The van der Waals surface area contributed by atoms with E-state index < -0.39 is 0 Å². The largest absolute Gasteiger partial charge is 0.368 e. The lowest BCUT2D eigenvalue weighted by Gasteiger charge is -2.45. The average molecular weight is 274 g/mol. The third-order valence-corrected chi connectivity index (χ3v) is 4.15. The van der Waals surface area contributed by atoms with Crippen molar-refractivity contribution in [3.05, 3.63) is 30.1 Å². The number of morpholine rings is 1. The molecule has 0 unspecified atom stereocenters. The number of aromatic nitrogens is 1. The first-order valence-electron chi connectivity index (χ1n) is 7.35. The summed E-state index contributed by atoms with van der Waals surface area (Å²) in [5.74, 6) is 0.0906. The fourth-order valence-corrected chi connectivity index (χ4v) is 3.32. The van der Waals surface area contributed by atoms with Crippen molar-refractivity contribution in [3.8, 4) is 0 Å². The maximum absolute atomic E-state index is 12.5. The fourth-order valence-electron chi connectivity index (χ4n) is 3.32. The van der Waals surface area contributed by atoms with Gasteiger partial charge in [0.05, 0.1) is 17.7 Å². The van der Waals surface area contributed by atoms with Crippen molar-refractivity contribution in [1.82, 2.24) is 9.88 Å². The van der Waals surface area contributed by atoms with Crippen LogP contribution in [0.4, 0.5) is 0 Å². The second-order valence-electron chi connectivity index (χ2n) is 6.34. The van der Waals surface area contributed by atoms with E-state index in [0.717, 1.165) is 25.0 Å². The molecule has 1 aromatic rings. The van der Waals surface area contributed by atoms with Crippen LogP contribution >= 0.6 is 0 Å². The molecule has 0 bridgehead atoms. The Labute approximate surface area is 119 Å². The van der Waals surface area contributed by atoms with Gasteiger partial charge in [0.2, 0.25) is 5.91 Å². The number of H-pyrrole nitrogens is 1. The van der Waals surface area contributed by atoms with Crippen LogP contribution in [0.15, 0.2) is 24.4 Å². The molecule has 4 heteroatoms. The molecule has 1 aromatic heterocycles. The Morgan fingerprint density at radius 3 is 3.10 bits per heavy atom. The molecule has 3 rings (SSSR count). The van der Waals surface area contributed by atoms with E-state index in [1.54, 1.807) is 6.08 Å². The molecule has 1 N–H and O–H groups in total. The van der Waals surface area contributed by atoms with E-state index in [-0.39, 0.29) is 23.7 Å². The van der Waals surface area contributed by atoms with Crippen molar-refractivity contribution in [2.75, 3.05) is 6.54 Å². The van der Waals surface area contributed by atoms with Crippen LogP contribution in [-0.4, -0.2) is 40.1 Å². The maximum Gasteiger partial charge on any atom is 0.247 e. The monoisotopic (exact) mass is 274 g/mol. The van der Waals surface area contributed by atoms with E-state index >= 15 is 0 Å². The molecule has 2 heterocycles. The normalized spacial score (nSPS) is 28.8. The van der Waals surface area contributed by atoms with E-state index in [2.05, 4.69) is 18.8 Å². The Morgan fingerprint density at radius 1 is 1.50 bits per heavy atom. The van der Waals surface area contributed by atoms with Gasteiger partial charge in [0.25, 0.3) is 0 Å². The van der Waals surface area contributed by atoms with Gasteiger partial charge in [0.15, 0.2) is 0 Å². The van der Waals surface area contributed by atoms with Crippen LogP contribution in [0.25, 0.3) is 6.08 Å². The summed E-state index contributed by atoms with van der Waals surface area (Å²) >= 11 is 0. The first kappa shape index (κ1) is 13.4. The van der Waals surface area contributed by atoms with E-state index in [4.69, 9.17) is 4.74 Å². The molecule has 1 aliphatic heterocycles. The van der Waals surface area contributed by atoms with Crippen molar-refractivity contribution in [1.29, 1.82) is 0 Å². The number of ether oxygens (including phenoxy) is 1. The van der Waals surface area contributed by atoms with Crippen LogP contribution in [-0.2, 0) is 9.53 Å². The van der Waals surface area contributed by atoms with Crippen molar-refractivity contribution in [2.24, 2.45) is 0 Å². The van der Waals surface area contributed by atoms with Gasteiger partial charge in [-0.15, -0.1) is 0 Å². The van der Waals surface area contributed by atoms with Crippen molar-refractivity contribution in [3.63, 3.8) is 0 Å². The Kier molecular flexibility index (Phi) is 3.42. The highest BCUT2D eigenvalue weighted by atomic mass is 16.5. The van der Waals surface area contributed by atoms with Crippen LogP contribution in [0.2, 0.25) is 0 Å². The molecular weight excluding hydrogens is 252 g/mol. The van der Waals surface area contributed by atoms with E-state index in [0.29, 0.717) is 6.54 Å². The van der Waals surface area contributed by atoms with Gasteiger partial charge in [0.1, 0.15) is 0 Å². The third-order valence-electron chi connectivity index (χ3n) is 4.15. The molecule has 0 aromatic carbocycles. The zero-order chi connectivity index (χ0) is 14.2. The van der Waals surface area contributed by atoms with Gasteiger partial charge in [-0.25, -0.2) is 0 Å². The van der Waals surface area contributed by atoms with Gasteiger partial charge in [-0.2, -0.15) is 0 Å². The minimum absolute atomic E-state index is 0.0906. The lowest BCUT2D eigenvalue weighted by atomic mass is 10.0. The van der Waals surface area contributed by atoms with Crippen LogP contribution in [0, 0.1) is 0 Å². The first-order chi connectivity index (χ1) is 9.55. The van der Waals surface area contributed by atoms with Crippen LogP contribution in [0.5, 0.6) is 0 Å². The second kappa shape index (κ2) is 5.09. The molecule has 4 nitrogen and oxygen atoms in total. The predicted octanol–water partition coefficient (Wildman–Crippen LogP) is 2.59. The molecule has 0 radical (unpaired) electrons. The topological polar surface area (TPSA) is 45.3 Å². The highest BCUT2D eigenvalue weighted by Crippen LogP contribution is 2.35. The molecule has 20 heavy (non-hydrogen) atoms. The number of carbonyl (C=O) groups is 1. The first-order valence-corrected chi connectivity index (χ1v) is 7.35. The zero-order valence-corrected chi connectivity index (χ0v) is 12.1. The number of amides is 1. The van der Waals surface area contributed by atoms with Gasteiger partial charge in [0, 0.05) is 24.5 Å². The molecule has 2 aliphatic rings. The molecule has 108 valence electrons. The standard InChI is InChI=1S/C16H22N2O2/c1-16(2)11-18(13-6-3-7-14(13)20-16)15(19)9-8-12-5-4-10-17-12/h4-5,8-10,13-14,17H,3,6-7,11H2,1-2H3/b9-8+/t13-,14-/m1/s1. The molecule has 0 spiro atoms. The zero-order valence-electron chi connectivity index (χ0n) is 12.1. The number of hydrogen-bond donors (Lipinski definition) is 1. The summed E-state index contributed by atoms with van der Waals surface area (Å²) in [5.41, 5.74) is 0.704.